The third-order valence-corrected chi connectivity index (χ3v) is 3.61. The van der Waals surface area contributed by atoms with Crippen molar-refractivity contribution in [2.24, 2.45) is 0 Å². The van der Waals surface area contributed by atoms with Gasteiger partial charge in [-0.25, -0.2) is 0 Å². The number of likely N-dealkylation sites (N-methyl/N-ethyl adjacent to an activating group) is 1. The van der Waals surface area contributed by atoms with Crippen LogP contribution in [0.1, 0.15) is 24.2 Å². The molecular weight excluding hydrogens is 282 g/mol. The maximum absolute atomic E-state index is 11.9. The number of amides is 1. The van der Waals surface area contributed by atoms with Gasteiger partial charge in [0.05, 0.1) is 5.56 Å². The number of phenols is 1. The van der Waals surface area contributed by atoms with Crippen LogP contribution in [0.25, 0.3) is 10.8 Å². The van der Waals surface area contributed by atoms with Crippen LogP contribution < -0.4 is 4.74 Å². The number of fused-ring (bicyclic) bond motifs is 1. The number of hydrogen-bond donors (Lipinski definition) is 1. The van der Waals surface area contributed by atoms with Crippen LogP contribution in [0.2, 0.25) is 0 Å². The van der Waals surface area contributed by atoms with Gasteiger partial charge in [-0.15, -0.1) is 0 Å². The van der Waals surface area contributed by atoms with Crippen LogP contribution in [-0.4, -0.2) is 41.9 Å². The van der Waals surface area contributed by atoms with Crippen LogP contribution in [0.4, 0.5) is 0 Å². The monoisotopic (exact) mass is 301 g/mol. The lowest BCUT2D eigenvalue weighted by Crippen LogP contribution is -2.34. The largest absolute Gasteiger partial charge is 0.507 e. The molecule has 0 saturated heterocycles. The smallest absolute Gasteiger partial charge is 0.260 e. The Bertz CT molecular complexity index is 692. The molecule has 116 valence electrons. The van der Waals surface area contributed by atoms with E-state index in [1.54, 1.807) is 29.2 Å². The molecule has 0 saturated carbocycles. The van der Waals surface area contributed by atoms with Gasteiger partial charge in [0.2, 0.25) is 0 Å². The normalized spacial score (nSPS) is 10.5. The molecule has 0 heterocycles. The molecule has 2 aromatic rings. The van der Waals surface area contributed by atoms with Gasteiger partial charge in [-0.05, 0) is 48.9 Å². The summed E-state index contributed by atoms with van der Waals surface area (Å²) in [4.78, 5) is 24.6. The molecule has 0 spiro atoms. The Morgan fingerprint density at radius 1 is 1.23 bits per heavy atom. The lowest BCUT2D eigenvalue weighted by atomic mass is 10.0. The zero-order chi connectivity index (χ0) is 16.1. The van der Waals surface area contributed by atoms with Crippen molar-refractivity contribution in [1.82, 2.24) is 4.90 Å². The van der Waals surface area contributed by atoms with E-state index in [0.29, 0.717) is 30.5 Å². The Morgan fingerprint density at radius 2 is 1.95 bits per heavy atom. The first-order valence-corrected chi connectivity index (χ1v) is 7.22. The molecule has 0 atom stereocenters. The van der Waals surface area contributed by atoms with Gasteiger partial charge in [0.25, 0.3) is 5.91 Å². The second-order valence-electron chi connectivity index (χ2n) is 4.85. The number of ether oxygens (including phenoxy) is 1. The Hall–Kier alpha value is -2.56. The summed E-state index contributed by atoms with van der Waals surface area (Å²) in [5, 5.41) is 11.1. The van der Waals surface area contributed by atoms with Crippen LogP contribution >= 0.6 is 0 Å². The van der Waals surface area contributed by atoms with Crippen molar-refractivity contribution in [3.8, 4) is 11.5 Å². The summed E-state index contributed by atoms with van der Waals surface area (Å²) in [5.41, 5.74) is 0.253. The van der Waals surface area contributed by atoms with Gasteiger partial charge in [0, 0.05) is 13.1 Å². The van der Waals surface area contributed by atoms with Crippen LogP contribution in [0, 0.1) is 0 Å². The first kappa shape index (κ1) is 15.8. The maximum Gasteiger partial charge on any atom is 0.260 e. The van der Waals surface area contributed by atoms with Gasteiger partial charge in [0.15, 0.2) is 12.9 Å². The number of carbonyl (C=O) groups excluding carboxylic acids is 2. The number of nitrogens with zero attached hydrogens (tertiary/aromatic N) is 1. The number of aromatic hydroxyl groups is 1. The minimum Gasteiger partial charge on any atom is -0.507 e. The molecule has 0 aromatic heterocycles. The summed E-state index contributed by atoms with van der Waals surface area (Å²) < 4.78 is 5.52. The van der Waals surface area contributed by atoms with Crippen molar-refractivity contribution in [2.75, 3.05) is 19.7 Å². The Morgan fingerprint density at radius 3 is 2.59 bits per heavy atom. The van der Waals surface area contributed by atoms with Crippen molar-refractivity contribution in [1.29, 1.82) is 0 Å². The van der Waals surface area contributed by atoms with Gasteiger partial charge >= 0.3 is 0 Å². The summed E-state index contributed by atoms with van der Waals surface area (Å²) in [6.45, 7) is 5.12. The highest BCUT2D eigenvalue weighted by Gasteiger charge is 2.11. The highest BCUT2D eigenvalue weighted by Crippen LogP contribution is 2.28. The summed E-state index contributed by atoms with van der Waals surface area (Å²) in [6, 6.07) is 8.31. The number of phenolic OH excluding ortho intramolecular Hbond substituents is 1. The van der Waals surface area contributed by atoms with E-state index in [1.807, 2.05) is 13.8 Å². The van der Waals surface area contributed by atoms with Crippen molar-refractivity contribution >= 4 is 23.0 Å². The summed E-state index contributed by atoms with van der Waals surface area (Å²) in [5.74, 6) is 0.438. The van der Waals surface area contributed by atoms with E-state index < -0.39 is 0 Å². The molecule has 2 aromatic carbocycles. The summed E-state index contributed by atoms with van der Waals surface area (Å²) >= 11 is 0. The fraction of sp³-hybridized carbons (Fsp3) is 0.294. The van der Waals surface area contributed by atoms with Crippen molar-refractivity contribution in [3.63, 3.8) is 0 Å². The number of aldehydes is 1. The Kier molecular flexibility index (Phi) is 4.99. The predicted octanol–water partition coefficient (Wildman–Crippen LogP) is 2.61. The molecule has 5 heteroatoms. The molecule has 1 N–H and O–H groups in total. The van der Waals surface area contributed by atoms with Gasteiger partial charge in [-0.1, -0.05) is 6.07 Å². The second kappa shape index (κ2) is 6.93. The van der Waals surface area contributed by atoms with Gasteiger partial charge in [-0.2, -0.15) is 0 Å². The van der Waals surface area contributed by atoms with E-state index in [-0.39, 0.29) is 23.8 Å². The molecule has 0 fully saturated rings. The molecule has 0 aliphatic carbocycles. The second-order valence-corrected chi connectivity index (χ2v) is 4.85. The molecule has 5 nitrogen and oxygen atoms in total. The van der Waals surface area contributed by atoms with Gasteiger partial charge in [-0.3, -0.25) is 9.59 Å². The quantitative estimate of drug-likeness (QED) is 0.833. The summed E-state index contributed by atoms with van der Waals surface area (Å²) in [6.07, 6.45) is 0.627. The molecule has 1 amide bonds. The Labute approximate surface area is 129 Å². The SMILES string of the molecule is CCN(CC)C(=O)COc1ccc2c(C=O)c(O)ccc2c1. The predicted molar refractivity (Wildman–Crippen MR) is 84.4 cm³/mol. The molecule has 0 unspecified atom stereocenters. The Balaban J connectivity index is 2.19. The molecule has 0 aliphatic rings. The zero-order valence-corrected chi connectivity index (χ0v) is 12.7. The average molecular weight is 301 g/mol. The number of hydrogen-bond acceptors (Lipinski definition) is 4. The highest BCUT2D eigenvalue weighted by molar-refractivity contribution is 6.01. The fourth-order valence-corrected chi connectivity index (χ4v) is 2.35. The molecular formula is C17H19NO4. The third kappa shape index (κ3) is 3.19. The number of carbonyl (C=O) groups is 2. The van der Waals surface area contributed by atoms with Gasteiger partial charge < -0.3 is 14.7 Å². The molecule has 0 bridgehead atoms. The first-order chi connectivity index (χ1) is 10.6. The van der Waals surface area contributed by atoms with E-state index in [9.17, 15) is 14.7 Å². The lowest BCUT2D eigenvalue weighted by molar-refractivity contribution is -0.132. The number of benzene rings is 2. The minimum atomic E-state index is -0.0654. The van der Waals surface area contributed by atoms with E-state index in [4.69, 9.17) is 4.74 Å². The van der Waals surface area contributed by atoms with Crippen molar-refractivity contribution in [2.45, 2.75) is 13.8 Å². The van der Waals surface area contributed by atoms with Crippen LogP contribution in [0.15, 0.2) is 30.3 Å². The van der Waals surface area contributed by atoms with Crippen molar-refractivity contribution < 1.29 is 19.4 Å². The minimum absolute atomic E-state index is 0.0220. The van der Waals surface area contributed by atoms with E-state index >= 15 is 0 Å². The zero-order valence-electron chi connectivity index (χ0n) is 12.7. The molecule has 22 heavy (non-hydrogen) atoms. The molecule has 2 rings (SSSR count). The lowest BCUT2D eigenvalue weighted by Gasteiger charge is -2.18. The topological polar surface area (TPSA) is 66.8 Å². The van der Waals surface area contributed by atoms with E-state index in [2.05, 4.69) is 0 Å². The van der Waals surface area contributed by atoms with Crippen molar-refractivity contribution in [3.05, 3.63) is 35.9 Å². The molecule has 0 radical (unpaired) electrons. The molecule has 0 aliphatic heterocycles. The number of rotatable bonds is 6. The third-order valence-electron chi connectivity index (χ3n) is 3.61. The van der Waals surface area contributed by atoms with Crippen LogP contribution in [0.3, 0.4) is 0 Å². The van der Waals surface area contributed by atoms with Gasteiger partial charge in [0.1, 0.15) is 11.5 Å². The van der Waals surface area contributed by atoms with Crippen LogP contribution in [0.5, 0.6) is 11.5 Å². The fourth-order valence-electron chi connectivity index (χ4n) is 2.35. The average Bonchev–Trinajstić information content (AvgIpc) is 2.54. The standard InChI is InChI=1S/C17H19NO4/c1-3-18(4-2)17(21)11-22-13-6-7-14-12(9-13)5-8-16(20)15(14)10-19/h5-10,20H,3-4,11H2,1-2H3. The first-order valence-electron chi connectivity index (χ1n) is 7.22. The summed E-state index contributed by atoms with van der Waals surface area (Å²) in [7, 11) is 0. The van der Waals surface area contributed by atoms with E-state index in [1.165, 1.54) is 6.07 Å². The maximum atomic E-state index is 11.9. The van der Waals surface area contributed by atoms with E-state index in [0.717, 1.165) is 5.39 Å². The highest BCUT2D eigenvalue weighted by atomic mass is 16.5. The van der Waals surface area contributed by atoms with Crippen LogP contribution in [-0.2, 0) is 4.79 Å².